The first-order valence-corrected chi connectivity index (χ1v) is 6.03. The van der Waals surface area contributed by atoms with E-state index >= 15 is 0 Å². The van der Waals surface area contributed by atoms with Crippen LogP contribution in [-0.4, -0.2) is 11.4 Å². The largest absolute Gasteiger partial charge is 0.347 e. The van der Waals surface area contributed by atoms with Crippen molar-refractivity contribution in [3.63, 3.8) is 0 Å². The summed E-state index contributed by atoms with van der Waals surface area (Å²) in [6, 6.07) is 7.52. The van der Waals surface area contributed by atoms with Crippen molar-refractivity contribution in [3.8, 4) is 0 Å². The van der Waals surface area contributed by atoms with Gasteiger partial charge in [0.25, 0.3) is 5.91 Å². The number of nitrogens with one attached hydrogen (secondary N) is 1. The molecule has 1 aliphatic rings. The molecule has 0 aliphatic heterocycles. The quantitative estimate of drug-likeness (QED) is 0.896. The van der Waals surface area contributed by atoms with Crippen molar-refractivity contribution >= 4 is 21.8 Å². The van der Waals surface area contributed by atoms with E-state index in [1.807, 2.05) is 24.3 Å². The van der Waals surface area contributed by atoms with Crippen LogP contribution in [0.3, 0.4) is 0 Å². The van der Waals surface area contributed by atoms with Gasteiger partial charge in [-0.1, -0.05) is 19.1 Å². The summed E-state index contributed by atoms with van der Waals surface area (Å²) in [5, 5.41) is 3.11. The van der Waals surface area contributed by atoms with E-state index in [-0.39, 0.29) is 11.4 Å². The highest BCUT2D eigenvalue weighted by Crippen LogP contribution is 2.38. The molecule has 2 rings (SSSR count). The molecule has 0 spiro atoms. The number of amides is 1. The Hall–Kier alpha value is -0.830. The Labute approximate surface area is 98.2 Å². The van der Waals surface area contributed by atoms with Crippen LogP contribution in [0.2, 0.25) is 0 Å². The number of carbonyl (C=O) groups excluding carboxylic acids is 1. The first kappa shape index (κ1) is 10.7. The summed E-state index contributed by atoms with van der Waals surface area (Å²) in [6.07, 6.45) is 3.24. The van der Waals surface area contributed by atoms with Crippen LogP contribution in [0, 0.1) is 0 Å². The summed E-state index contributed by atoms with van der Waals surface area (Å²) in [7, 11) is 0. The predicted octanol–water partition coefficient (Wildman–Crippen LogP) is 3.12. The maximum atomic E-state index is 11.9. The Morgan fingerprint density at radius 2 is 2.13 bits per heavy atom. The fraction of sp³-hybridized carbons (Fsp3) is 0.417. The number of carbonyl (C=O) groups is 1. The van der Waals surface area contributed by atoms with E-state index in [0.29, 0.717) is 0 Å². The Morgan fingerprint density at radius 1 is 1.47 bits per heavy atom. The van der Waals surface area contributed by atoms with Gasteiger partial charge in [-0.2, -0.15) is 0 Å². The molecule has 0 saturated heterocycles. The van der Waals surface area contributed by atoms with E-state index in [1.165, 1.54) is 0 Å². The predicted molar refractivity (Wildman–Crippen MR) is 63.9 cm³/mol. The monoisotopic (exact) mass is 267 g/mol. The minimum Gasteiger partial charge on any atom is -0.347 e. The smallest absolute Gasteiger partial charge is 0.252 e. The number of benzene rings is 1. The van der Waals surface area contributed by atoms with Crippen LogP contribution in [0.4, 0.5) is 0 Å². The Balaban J connectivity index is 2.12. The summed E-state index contributed by atoms with van der Waals surface area (Å²) < 4.78 is 0.856. The molecule has 1 aromatic carbocycles. The van der Waals surface area contributed by atoms with Crippen molar-refractivity contribution in [2.24, 2.45) is 0 Å². The lowest BCUT2D eigenvalue weighted by atomic mass is 10.1. The molecule has 15 heavy (non-hydrogen) atoms. The molecule has 1 aromatic rings. The molecule has 3 heteroatoms. The Morgan fingerprint density at radius 3 is 2.67 bits per heavy atom. The first-order chi connectivity index (χ1) is 7.17. The maximum Gasteiger partial charge on any atom is 0.252 e. The van der Waals surface area contributed by atoms with Gasteiger partial charge in [0.15, 0.2) is 0 Å². The van der Waals surface area contributed by atoms with Crippen LogP contribution in [0.1, 0.15) is 36.5 Å². The molecule has 0 unspecified atom stereocenters. The Kier molecular flexibility index (Phi) is 2.83. The molecule has 1 fully saturated rings. The number of halogens is 1. The third kappa shape index (κ3) is 2.23. The lowest BCUT2D eigenvalue weighted by molar-refractivity contribution is 0.0929. The zero-order chi connectivity index (χ0) is 10.9. The van der Waals surface area contributed by atoms with Gasteiger partial charge in [0, 0.05) is 10.0 Å². The van der Waals surface area contributed by atoms with Crippen LogP contribution < -0.4 is 5.32 Å². The SMILES string of the molecule is CCC1(NC(=O)c2ccccc2Br)CC1. The third-order valence-corrected chi connectivity index (χ3v) is 3.72. The van der Waals surface area contributed by atoms with Crippen molar-refractivity contribution < 1.29 is 4.79 Å². The van der Waals surface area contributed by atoms with Gasteiger partial charge < -0.3 is 5.32 Å². The number of hydrogen-bond acceptors (Lipinski definition) is 1. The molecule has 0 atom stereocenters. The first-order valence-electron chi connectivity index (χ1n) is 5.24. The van der Waals surface area contributed by atoms with E-state index < -0.39 is 0 Å². The molecule has 2 nitrogen and oxygen atoms in total. The maximum absolute atomic E-state index is 11.9. The van der Waals surface area contributed by atoms with E-state index in [9.17, 15) is 4.79 Å². The fourth-order valence-electron chi connectivity index (χ4n) is 1.67. The highest BCUT2D eigenvalue weighted by atomic mass is 79.9. The van der Waals surface area contributed by atoms with Crippen molar-refractivity contribution in [3.05, 3.63) is 34.3 Å². The lowest BCUT2D eigenvalue weighted by Crippen LogP contribution is -2.36. The molecular formula is C12H14BrNO. The van der Waals surface area contributed by atoms with E-state index in [0.717, 1.165) is 29.3 Å². The normalized spacial score (nSPS) is 17.2. The average Bonchev–Trinajstić information content (AvgIpc) is 2.99. The molecule has 1 saturated carbocycles. The molecule has 0 bridgehead atoms. The summed E-state index contributed by atoms with van der Waals surface area (Å²) in [4.78, 5) is 11.9. The molecular weight excluding hydrogens is 254 g/mol. The van der Waals surface area contributed by atoms with Gasteiger partial charge >= 0.3 is 0 Å². The van der Waals surface area contributed by atoms with Crippen molar-refractivity contribution in [1.29, 1.82) is 0 Å². The summed E-state index contributed by atoms with van der Waals surface area (Å²) in [5.41, 5.74) is 0.809. The molecule has 1 amide bonds. The minimum atomic E-state index is 0.0295. The van der Waals surface area contributed by atoms with Crippen LogP contribution in [-0.2, 0) is 0 Å². The van der Waals surface area contributed by atoms with E-state index in [1.54, 1.807) is 0 Å². The van der Waals surface area contributed by atoms with Gasteiger partial charge in [-0.3, -0.25) is 4.79 Å². The highest BCUT2D eigenvalue weighted by molar-refractivity contribution is 9.10. The molecule has 0 aromatic heterocycles. The molecule has 80 valence electrons. The zero-order valence-electron chi connectivity index (χ0n) is 8.72. The van der Waals surface area contributed by atoms with Crippen LogP contribution in [0.25, 0.3) is 0 Å². The molecule has 0 radical (unpaired) electrons. The van der Waals surface area contributed by atoms with Gasteiger partial charge in [0.2, 0.25) is 0 Å². The topological polar surface area (TPSA) is 29.1 Å². The van der Waals surface area contributed by atoms with E-state index in [4.69, 9.17) is 0 Å². The van der Waals surface area contributed by atoms with Crippen LogP contribution in [0.15, 0.2) is 28.7 Å². The average molecular weight is 268 g/mol. The minimum absolute atomic E-state index is 0.0295. The van der Waals surface area contributed by atoms with Crippen molar-refractivity contribution in [2.45, 2.75) is 31.7 Å². The molecule has 0 heterocycles. The number of hydrogen-bond donors (Lipinski definition) is 1. The van der Waals surface area contributed by atoms with Gasteiger partial charge in [0.05, 0.1) is 5.56 Å². The second-order valence-electron chi connectivity index (χ2n) is 4.07. The zero-order valence-corrected chi connectivity index (χ0v) is 10.3. The van der Waals surface area contributed by atoms with Gasteiger partial charge in [0.1, 0.15) is 0 Å². The van der Waals surface area contributed by atoms with Crippen molar-refractivity contribution in [1.82, 2.24) is 5.32 Å². The highest BCUT2D eigenvalue weighted by Gasteiger charge is 2.42. The van der Waals surface area contributed by atoms with Gasteiger partial charge in [-0.15, -0.1) is 0 Å². The number of rotatable bonds is 3. The third-order valence-electron chi connectivity index (χ3n) is 3.03. The van der Waals surface area contributed by atoms with Gasteiger partial charge in [-0.05, 0) is 47.3 Å². The summed E-state index contributed by atoms with van der Waals surface area (Å²) in [6.45, 7) is 2.12. The summed E-state index contributed by atoms with van der Waals surface area (Å²) in [5.74, 6) is 0.0295. The lowest BCUT2D eigenvalue weighted by Gasteiger charge is -2.15. The van der Waals surface area contributed by atoms with Gasteiger partial charge in [-0.25, -0.2) is 0 Å². The standard InChI is InChI=1S/C12H14BrNO/c1-2-12(7-8-12)14-11(15)9-5-3-4-6-10(9)13/h3-6H,2,7-8H2,1H3,(H,14,15). The Bertz CT molecular complexity index is 385. The fourth-order valence-corrected chi connectivity index (χ4v) is 2.14. The second kappa shape index (κ2) is 3.97. The molecule has 1 aliphatic carbocycles. The molecule has 1 N–H and O–H groups in total. The second-order valence-corrected chi connectivity index (χ2v) is 4.92. The van der Waals surface area contributed by atoms with Crippen LogP contribution >= 0.6 is 15.9 Å². The summed E-state index contributed by atoms with van der Waals surface area (Å²) >= 11 is 3.39. The van der Waals surface area contributed by atoms with E-state index in [2.05, 4.69) is 28.2 Å². The van der Waals surface area contributed by atoms with Crippen LogP contribution in [0.5, 0.6) is 0 Å². The van der Waals surface area contributed by atoms with Crippen molar-refractivity contribution in [2.75, 3.05) is 0 Å².